The Kier molecular flexibility index (Phi) is 9.29. The van der Waals surface area contributed by atoms with Crippen LogP contribution in [-0.4, -0.2) is 97.4 Å². The molecule has 10 nitrogen and oxygen atoms in total. The van der Waals surface area contributed by atoms with E-state index in [4.69, 9.17) is 4.74 Å². The zero-order chi connectivity index (χ0) is 30.8. The van der Waals surface area contributed by atoms with Gasteiger partial charge in [-0.15, -0.1) is 0 Å². The highest BCUT2D eigenvalue weighted by atomic mass is 32.2. The number of likely N-dealkylation sites (N-methyl/N-ethyl adjacent to an activating group) is 1. The van der Waals surface area contributed by atoms with Crippen LogP contribution in [-0.2, 0) is 10.0 Å². The third-order valence-electron chi connectivity index (χ3n) is 7.31. The van der Waals surface area contributed by atoms with Crippen molar-refractivity contribution in [3.8, 4) is 17.0 Å². The molecule has 0 bridgehead atoms. The summed E-state index contributed by atoms with van der Waals surface area (Å²) in [4.78, 5) is 33.6. The number of hydrogen-bond donors (Lipinski definition) is 1. The summed E-state index contributed by atoms with van der Waals surface area (Å²) in [5, 5.41) is 9.93. The normalized spacial score (nSPS) is 18.1. The smallest absolute Gasteiger partial charge is 0.259 e. The lowest BCUT2D eigenvalue weighted by molar-refractivity contribution is 0.0373. The highest BCUT2D eigenvalue weighted by Gasteiger charge is 2.36. The predicted molar refractivity (Wildman–Crippen MR) is 155 cm³/mol. The van der Waals surface area contributed by atoms with Crippen LogP contribution in [0.5, 0.6) is 5.88 Å². The number of fused-ring (bicyclic) bond motifs is 1. The maximum absolute atomic E-state index is 13.8. The van der Waals surface area contributed by atoms with Crippen molar-refractivity contribution in [3.63, 3.8) is 0 Å². The lowest BCUT2D eigenvalue weighted by Crippen LogP contribution is -2.50. The molecule has 2 heterocycles. The third-order valence-corrected chi connectivity index (χ3v) is 9.13. The van der Waals surface area contributed by atoms with E-state index in [2.05, 4.69) is 4.98 Å². The summed E-state index contributed by atoms with van der Waals surface area (Å²) >= 11 is 0. The number of halogens is 1. The summed E-state index contributed by atoms with van der Waals surface area (Å²) in [5.41, 5.74) is 1.86. The summed E-state index contributed by atoms with van der Waals surface area (Å²) < 4.78 is 47.5. The number of benzene rings is 2. The number of sulfonamides is 1. The predicted octanol–water partition coefficient (Wildman–Crippen LogP) is 3.13. The van der Waals surface area contributed by atoms with Gasteiger partial charge < -0.3 is 19.6 Å². The van der Waals surface area contributed by atoms with E-state index in [1.54, 1.807) is 51.4 Å². The van der Waals surface area contributed by atoms with E-state index >= 15 is 0 Å². The first-order chi connectivity index (χ1) is 19.8. The highest BCUT2D eigenvalue weighted by molar-refractivity contribution is 7.89. The second-order valence-corrected chi connectivity index (χ2v) is 12.8. The molecule has 0 unspecified atom stereocenters. The number of ether oxygens (including phenoxy) is 1. The van der Waals surface area contributed by atoms with Crippen LogP contribution in [0.25, 0.3) is 11.1 Å². The lowest BCUT2D eigenvalue weighted by Gasteiger charge is -2.37. The fourth-order valence-corrected chi connectivity index (χ4v) is 5.94. The number of aliphatic hydroxyl groups excluding tert-OH is 1. The number of nitrogens with zero attached hydrogens (tertiary/aromatic N) is 4. The van der Waals surface area contributed by atoms with Gasteiger partial charge in [-0.1, -0.05) is 25.1 Å². The monoisotopic (exact) mass is 598 g/mol. The molecule has 0 saturated carbocycles. The first-order valence-electron chi connectivity index (χ1n) is 13.5. The molecule has 4 rings (SSSR count). The molecular formula is C30H35FN4O6S. The van der Waals surface area contributed by atoms with Crippen LogP contribution in [0.15, 0.2) is 65.7 Å². The minimum absolute atomic E-state index is 0.0208. The number of carbonyl (C=O) groups is 2. The van der Waals surface area contributed by atoms with E-state index in [0.29, 0.717) is 16.7 Å². The molecule has 0 saturated heterocycles. The van der Waals surface area contributed by atoms with Gasteiger partial charge in [0.25, 0.3) is 11.8 Å². The van der Waals surface area contributed by atoms with Gasteiger partial charge >= 0.3 is 0 Å². The minimum Gasteiger partial charge on any atom is -0.472 e. The van der Waals surface area contributed by atoms with E-state index in [9.17, 15) is 27.5 Å². The van der Waals surface area contributed by atoms with Crippen molar-refractivity contribution in [2.75, 3.05) is 40.8 Å². The maximum Gasteiger partial charge on any atom is 0.259 e. The summed E-state index contributed by atoms with van der Waals surface area (Å²) in [5.74, 6) is -1.58. The molecule has 224 valence electrons. The van der Waals surface area contributed by atoms with Crippen molar-refractivity contribution in [2.24, 2.45) is 5.92 Å². The molecule has 1 aromatic heterocycles. The van der Waals surface area contributed by atoms with Crippen LogP contribution in [0.1, 0.15) is 34.6 Å². The van der Waals surface area contributed by atoms with E-state index < -0.39 is 33.9 Å². The number of rotatable bonds is 8. The standard InChI is InChI=1S/C30H35FN4O6S/c1-19-16-35(20(2)18-36)30(38)26-13-23(21-8-6-9-22(12-21)29(37)33(3)4)15-32-28(26)41-27(19)17-34(5)42(39,40)25-11-7-10-24(31)14-25/h6-15,19-20,27,36H,16-18H2,1-5H3/t19-,20-,27+/m0/s1. The molecule has 2 amide bonds. The Morgan fingerprint density at radius 1 is 1.14 bits per heavy atom. The molecular weight excluding hydrogens is 563 g/mol. The van der Waals surface area contributed by atoms with Crippen LogP contribution >= 0.6 is 0 Å². The number of aliphatic hydroxyl groups is 1. The Hall–Kier alpha value is -3.87. The Labute approximate surface area is 245 Å². The highest BCUT2D eigenvalue weighted by Crippen LogP contribution is 2.31. The average molecular weight is 599 g/mol. The fourth-order valence-electron chi connectivity index (χ4n) is 4.73. The summed E-state index contributed by atoms with van der Waals surface area (Å²) in [6.45, 7) is 3.33. The van der Waals surface area contributed by atoms with Gasteiger partial charge in [-0.2, -0.15) is 4.31 Å². The molecule has 12 heteroatoms. The van der Waals surface area contributed by atoms with Gasteiger partial charge in [-0.05, 0) is 48.9 Å². The molecule has 0 fully saturated rings. The molecule has 0 radical (unpaired) electrons. The van der Waals surface area contributed by atoms with Crippen molar-refractivity contribution in [1.82, 2.24) is 19.1 Å². The second-order valence-electron chi connectivity index (χ2n) is 10.7. The number of amides is 2. The van der Waals surface area contributed by atoms with Gasteiger partial charge in [0.15, 0.2) is 0 Å². The van der Waals surface area contributed by atoms with Crippen molar-refractivity contribution < 1.29 is 32.2 Å². The summed E-state index contributed by atoms with van der Waals surface area (Å²) in [6, 6.07) is 12.8. The molecule has 0 spiro atoms. The number of hydrogen-bond acceptors (Lipinski definition) is 7. The Balaban J connectivity index is 1.72. The fraction of sp³-hybridized carbons (Fsp3) is 0.367. The molecule has 1 N–H and O–H groups in total. The third kappa shape index (κ3) is 6.45. The van der Waals surface area contributed by atoms with Gasteiger partial charge in [0.1, 0.15) is 17.5 Å². The second kappa shape index (κ2) is 12.6. The van der Waals surface area contributed by atoms with Crippen LogP contribution in [0, 0.1) is 11.7 Å². The maximum atomic E-state index is 13.8. The Morgan fingerprint density at radius 2 is 1.86 bits per heavy atom. The molecule has 1 aliphatic heterocycles. The first kappa shape index (κ1) is 31.1. The number of aromatic nitrogens is 1. The SMILES string of the molecule is C[C@H]1CN([C@@H](C)CO)C(=O)c2cc(-c3cccc(C(=O)N(C)C)c3)cnc2O[C@@H]1CN(C)S(=O)(=O)c1cccc(F)c1. The molecule has 1 aliphatic rings. The summed E-state index contributed by atoms with van der Waals surface area (Å²) in [7, 11) is 0.656. The molecule has 3 aromatic rings. The van der Waals surface area contributed by atoms with Gasteiger partial charge in [-0.3, -0.25) is 9.59 Å². The van der Waals surface area contributed by atoms with Crippen LogP contribution < -0.4 is 4.74 Å². The quantitative estimate of drug-likeness (QED) is 0.423. The van der Waals surface area contributed by atoms with E-state index in [1.807, 2.05) is 6.92 Å². The van der Waals surface area contributed by atoms with Crippen LogP contribution in [0.2, 0.25) is 0 Å². The largest absolute Gasteiger partial charge is 0.472 e. The average Bonchev–Trinajstić information content (AvgIpc) is 2.97. The van der Waals surface area contributed by atoms with Gasteiger partial charge in [0.2, 0.25) is 15.9 Å². The number of carbonyl (C=O) groups excluding carboxylic acids is 2. The zero-order valence-corrected chi connectivity index (χ0v) is 25.0. The van der Waals surface area contributed by atoms with Gasteiger partial charge in [-0.25, -0.2) is 17.8 Å². The molecule has 42 heavy (non-hydrogen) atoms. The number of pyridine rings is 1. The van der Waals surface area contributed by atoms with Gasteiger partial charge in [0, 0.05) is 50.9 Å². The zero-order valence-electron chi connectivity index (χ0n) is 24.2. The molecule has 2 aromatic carbocycles. The van der Waals surface area contributed by atoms with Crippen LogP contribution in [0.4, 0.5) is 4.39 Å². The Bertz CT molecular complexity index is 1580. The van der Waals surface area contributed by atoms with Crippen molar-refractivity contribution in [1.29, 1.82) is 0 Å². The Morgan fingerprint density at radius 3 is 2.52 bits per heavy atom. The first-order valence-corrected chi connectivity index (χ1v) is 14.9. The lowest BCUT2D eigenvalue weighted by atomic mass is 9.99. The van der Waals surface area contributed by atoms with Crippen molar-refractivity contribution >= 4 is 21.8 Å². The van der Waals surface area contributed by atoms with Crippen LogP contribution in [0.3, 0.4) is 0 Å². The van der Waals surface area contributed by atoms with Gasteiger partial charge in [0.05, 0.1) is 24.1 Å². The minimum atomic E-state index is -4.05. The summed E-state index contributed by atoms with van der Waals surface area (Å²) in [6.07, 6.45) is 0.791. The van der Waals surface area contributed by atoms with Crippen molar-refractivity contribution in [3.05, 3.63) is 77.7 Å². The van der Waals surface area contributed by atoms with E-state index in [1.165, 1.54) is 41.2 Å². The van der Waals surface area contributed by atoms with E-state index in [-0.39, 0.29) is 47.9 Å². The molecule has 3 atom stereocenters. The molecule has 0 aliphatic carbocycles. The van der Waals surface area contributed by atoms with Crippen molar-refractivity contribution in [2.45, 2.75) is 30.9 Å². The van der Waals surface area contributed by atoms with E-state index in [0.717, 1.165) is 10.4 Å². The topological polar surface area (TPSA) is 120 Å².